The van der Waals surface area contributed by atoms with Gasteiger partial charge in [0.2, 0.25) is 10.0 Å². The molecule has 2 aromatic rings. The highest BCUT2D eigenvalue weighted by Crippen LogP contribution is 2.26. The Morgan fingerprint density at radius 2 is 2.07 bits per heavy atom. The smallest absolute Gasteiger partial charge is 0.265 e. The molecule has 0 bridgehead atoms. The average Bonchev–Trinajstić information content (AvgIpc) is 3.21. The van der Waals surface area contributed by atoms with E-state index in [1.165, 1.54) is 27.9 Å². The summed E-state index contributed by atoms with van der Waals surface area (Å²) in [4.78, 5) is 18.2. The standard InChI is InChI=1S/C19H23N3O4S2/c1-15-7-8-16(12-18(15)28(24,25)22-9-3-2-4-10-22)21-19(23)14-26-20-13-17-6-5-11-27-17/h5-8,11-13H,2-4,9-10,14H2,1H3,(H,21,23)/b20-13+. The van der Waals surface area contributed by atoms with E-state index < -0.39 is 15.9 Å². The molecule has 2 heterocycles. The van der Waals surface area contributed by atoms with Crippen LogP contribution in [0.25, 0.3) is 0 Å². The summed E-state index contributed by atoms with van der Waals surface area (Å²) in [5.74, 6) is -0.409. The zero-order valence-electron chi connectivity index (χ0n) is 15.6. The minimum absolute atomic E-state index is 0.226. The van der Waals surface area contributed by atoms with Gasteiger partial charge in [0.25, 0.3) is 5.91 Å². The molecule has 150 valence electrons. The lowest BCUT2D eigenvalue weighted by Crippen LogP contribution is -2.36. The van der Waals surface area contributed by atoms with Gasteiger partial charge in [0.15, 0.2) is 6.61 Å². The van der Waals surface area contributed by atoms with Gasteiger partial charge in [-0.2, -0.15) is 4.31 Å². The average molecular weight is 422 g/mol. The van der Waals surface area contributed by atoms with Crippen LogP contribution in [0.5, 0.6) is 0 Å². The molecular formula is C19H23N3O4S2. The van der Waals surface area contributed by atoms with Crippen LogP contribution in [0.4, 0.5) is 5.69 Å². The first kappa shape index (κ1) is 20.5. The van der Waals surface area contributed by atoms with Crippen molar-refractivity contribution in [1.82, 2.24) is 4.31 Å². The van der Waals surface area contributed by atoms with Crippen LogP contribution in [0.1, 0.15) is 29.7 Å². The molecule has 1 aromatic carbocycles. The molecule has 0 spiro atoms. The molecule has 1 N–H and O–H groups in total. The number of thiophene rings is 1. The Bertz CT molecular complexity index is 934. The molecule has 0 radical (unpaired) electrons. The molecule has 1 aliphatic rings. The number of anilines is 1. The highest BCUT2D eigenvalue weighted by atomic mass is 32.2. The fraction of sp³-hybridized carbons (Fsp3) is 0.368. The molecule has 0 atom stereocenters. The predicted molar refractivity (Wildman–Crippen MR) is 110 cm³/mol. The van der Waals surface area contributed by atoms with Crippen LogP contribution >= 0.6 is 11.3 Å². The Balaban J connectivity index is 1.63. The monoisotopic (exact) mass is 421 g/mol. The number of nitrogens with one attached hydrogen (secondary N) is 1. The van der Waals surface area contributed by atoms with Crippen LogP contribution < -0.4 is 5.32 Å². The van der Waals surface area contributed by atoms with E-state index in [-0.39, 0.29) is 11.5 Å². The number of benzene rings is 1. The summed E-state index contributed by atoms with van der Waals surface area (Å²) in [6.45, 7) is 2.57. The summed E-state index contributed by atoms with van der Waals surface area (Å²) in [5, 5.41) is 8.33. The van der Waals surface area contributed by atoms with Gasteiger partial charge in [-0.1, -0.05) is 23.7 Å². The maximum atomic E-state index is 12.9. The Labute approximate surface area is 169 Å². The van der Waals surface area contributed by atoms with Crippen molar-refractivity contribution in [3.63, 3.8) is 0 Å². The van der Waals surface area contributed by atoms with E-state index in [9.17, 15) is 13.2 Å². The number of hydrogen-bond donors (Lipinski definition) is 1. The van der Waals surface area contributed by atoms with Crippen molar-refractivity contribution < 1.29 is 18.0 Å². The van der Waals surface area contributed by atoms with Crippen LogP contribution in [0.15, 0.2) is 45.8 Å². The van der Waals surface area contributed by atoms with Gasteiger partial charge in [0.05, 0.1) is 11.1 Å². The first-order valence-electron chi connectivity index (χ1n) is 9.06. The molecular weight excluding hydrogens is 398 g/mol. The van der Waals surface area contributed by atoms with Crippen molar-refractivity contribution >= 4 is 39.2 Å². The predicted octanol–water partition coefficient (Wildman–Crippen LogP) is 3.22. The van der Waals surface area contributed by atoms with Crippen molar-refractivity contribution in [3.8, 4) is 0 Å². The molecule has 0 saturated carbocycles. The lowest BCUT2D eigenvalue weighted by atomic mass is 10.2. The number of rotatable bonds is 7. The Morgan fingerprint density at radius 1 is 1.29 bits per heavy atom. The van der Waals surface area contributed by atoms with E-state index in [4.69, 9.17) is 4.84 Å². The second-order valence-corrected chi connectivity index (χ2v) is 9.40. The third-order valence-electron chi connectivity index (χ3n) is 4.40. The summed E-state index contributed by atoms with van der Waals surface area (Å²) >= 11 is 1.51. The fourth-order valence-electron chi connectivity index (χ4n) is 2.95. The molecule has 1 saturated heterocycles. The van der Waals surface area contributed by atoms with E-state index in [0.717, 1.165) is 24.1 Å². The number of aryl methyl sites for hydroxylation is 1. The number of carbonyl (C=O) groups excluding carboxylic acids is 1. The van der Waals surface area contributed by atoms with Gasteiger partial charge < -0.3 is 10.2 Å². The van der Waals surface area contributed by atoms with Gasteiger partial charge in [0, 0.05) is 23.7 Å². The number of nitrogens with zero attached hydrogens (tertiary/aromatic N) is 2. The zero-order valence-corrected chi connectivity index (χ0v) is 17.3. The molecule has 3 rings (SSSR count). The quantitative estimate of drug-likeness (QED) is 0.549. The molecule has 1 amide bonds. The van der Waals surface area contributed by atoms with Crippen molar-refractivity contribution in [1.29, 1.82) is 0 Å². The van der Waals surface area contributed by atoms with Crippen LogP contribution in [-0.2, 0) is 19.7 Å². The number of piperidine rings is 1. The second kappa shape index (κ2) is 9.31. The van der Waals surface area contributed by atoms with Crippen LogP contribution in [-0.4, -0.2) is 44.5 Å². The lowest BCUT2D eigenvalue weighted by Gasteiger charge is -2.26. The minimum Gasteiger partial charge on any atom is -0.386 e. The normalized spacial score (nSPS) is 15.6. The van der Waals surface area contributed by atoms with Gasteiger partial charge in [-0.15, -0.1) is 11.3 Å². The number of hydrogen-bond acceptors (Lipinski definition) is 6. The Hall–Kier alpha value is -2.23. The second-order valence-electron chi connectivity index (χ2n) is 6.52. The summed E-state index contributed by atoms with van der Waals surface area (Å²) in [6.07, 6.45) is 4.33. The van der Waals surface area contributed by atoms with Crippen molar-refractivity contribution in [2.24, 2.45) is 5.16 Å². The third kappa shape index (κ3) is 5.18. The summed E-state index contributed by atoms with van der Waals surface area (Å²) in [6, 6.07) is 8.66. The summed E-state index contributed by atoms with van der Waals surface area (Å²) in [7, 11) is -3.57. The first-order chi connectivity index (χ1) is 13.5. The van der Waals surface area contributed by atoms with E-state index in [1.54, 1.807) is 19.1 Å². The third-order valence-corrected chi connectivity index (χ3v) is 7.25. The maximum Gasteiger partial charge on any atom is 0.265 e. The lowest BCUT2D eigenvalue weighted by molar-refractivity contribution is -0.120. The molecule has 28 heavy (non-hydrogen) atoms. The maximum absolute atomic E-state index is 12.9. The van der Waals surface area contributed by atoms with E-state index in [0.29, 0.717) is 24.3 Å². The summed E-state index contributed by atoms with van der Waals surface area (Å²) in [5.41, 5.74) is 1.07. The number of sulfonamides is 1. The van der Waals surface area contributed by atoms with Gasteiger partial charge in [-0.3, -0.25) is 4.79 Å². The van der Waals surface area contributed by atoms with Crippen LogP contribution in [0.3, 0.4) is 0 Å². The molecule has 1 aliphatic heterocycles. The largest absolute Gasteiger partial charge is 0.386 e. The Kier molecular flexibility index (Phi) is 6.82. The van der Waals surface area contributed by atoms with Gasteiger partial charge in [-0.25, -0.2) is 8.42 Å². The molecule has 9 heteroatoms. The highest BCUT2D eigenvalue weighted by molar-refractivity contribution is 7.89. The molecule has 1 aromatic heterocycles. The number of amides is 1. The van der Waals surface area contributed by atoms with Crippen LogP contribution in [0.2, 0.25) is 0 Å². The topological polar surface area (TPSA) is 88.1 Å². The van der Waals surface area contributed by atoms with Gasteiger partial charge >= 0.3 is 0 Å². The van der Waals surface area contributed by atoms with E-state index in [2.05, 4.69) is 10.5 Å². The van der Waals surface area contributed by atoms with Crippen molar-refractivity contribution in [2.75, 3.05) is 25.0 Å². The van der Waals surface area contributed by atoms with Crippen LogP contribution in [0, 0.1) is 6.92 Å². The van der Waals surface area contributed by atoms with Crippen molar-refractivity contribution in [2.45, 2.75) is 31.1 Å². The van der Waals surface area contributed by atoms with E-state index >= 15 is 0 Å². The molecule has 0 unspecified atom stereocenters. The fourth-order valence-corrected chi connectivity index (χ4v) is 5.29. The van der Waals surface area contributed by atoms with Crippen molar-refractivity contribution in [3.05, 3.63) is 46.2 Å². The molecule has 0 aliphatic carbocycles. The summed E-state index contributed by atoms with van der Waals surface area (Å²) < 4.78 is 27.4. The Morgan fingerprint density at radius 3 is 2.79 bits per heavy atom. The zero-order chi connectivity index (χ0) is 20.0. The first-order valence-corrected chi connectivity index (χ1v) is 11.4. The van der Waals surface area contributed by atoms with Gasteiger partial charge in [0.1, 0.15) is 0 Å². The highest BCUT2D eigenvalue weighted by Gasteiger charge is 2.27. The number of carbonyl (C=O) groups is 1. The van der Waals surface area contributed by atoms with Gasteiger partial charge in [-0.05, 0) is 48.9 Å². The molecule has 1 fully saturated rings. The molecule has 7 nitrogen and oxygen atoms in total. The van der Waals surface area contributed by atoms with E-state index in [1.807, 2.05) is 17.5 Å². The number of oxime groups is 1. The SMILES string of the molecule is Cc1ccc(NC(=O)CO/N=C/c2cccs2)cc1S(=O)(=O)N1CCCCC1. The minimum atomic E-state index is -3.57.